The number of guanidine groups is 1. The molecule has 0 aromatic heterocycles. The Bertz CT molecular complexity index is 509. The number of aliphatic imine (C=N–C) groups is 1. The van der Waals surface area contributed by atoms with Crippen LogP contribution < -0.4 is 20.7 Å². The van der Waals surface area contributed by atoms with Gasteiger partial charge >= 0.3 is 0 Å². The second-order valence-corrected chi connectivity index (χ2v) is 5.10. The molecule has 7 heteroatoms. The summed E-state index contributed by atoms with van der Waals surface area (Å²) in [6, 6.07) is 7.36. The molecule has 0 aliphatic carbocycles. The molecule has 3 N–H and O–H groups in total. The van der Waals surface area contributed by atoms with Crippen LogP contribution in [0.1, 0.15) is 33.6 Å². The van der Waals surface area contributed by atoms with E-state index >= 15 is 0 Å². The highest BCUT2D eigenvalue weighted by Gasteiger charge is 2.00. The van der Waals surface area contributed by atoms with Gasteiger partial charge in [-0.2, -0.15) is 0 Å². The first-order valence-corrected chi connectivity index (χ1v) is 8.18. The van der Waals surface area contributed by atoms with Gasteiger partial charge in [-0.1, -0.05) is 19.4 Å². The minimum absolute atomic E-state index is 0. The van der Waals surface area contributed by atoms with E-state index in [1.807, 2.05) is 31.2 Å². The fourth-order valence-electron chi connectivity index (χ4n) is 1.90. The van der Waals surface area contributed by atoms with Gasteiger partial charge in [-0.3, -0.25) is 9.79 Å². The number of halogens is 1. The average Bonchev–Trinajstić information content (AvgIpc) is 2.51. The SMILES string of the molecule is CCCCN=C(NCC)NCCOc1cccc(NC(C)=O)c1.I. The number of benzene rings is 1. The molecule has 0 aliphatic rings. The summed E-state index contributed by atoms with van der Waals surface area (Å²) < 4.78 is 5.69. The Labute approximate surface area is 161 Å². The van der Waals surface area contributed by atoms with Crippen molar-refractivity contribution in [3.8, 4) is 5.75 Å². The predicted molar refractivity (Wildman–Crippen MR) is 111 cm³/mol. The first-order valence-electron chi connectivity index (χ1n) is 8.18. The van der Waals surface area contributed by atoms with E-state index in [0.29, 0.717) is 13.2 Å². The fourth-order valence-corrected chi connectivity index (χ4v) is 1.90. The van der Waals surface area contributed by atoms with E-state index in [4.69, 9.17) is 4.74 Å². The summed E-state index contributed by atoms with van der Waals surface area (Å²) in [6.07, 6.45) is 2.22. The van der Waals surface area contributed by atoms with Crippen LogP contribution in [0.25, 0.3) is 0 Å². The summed E-state index contributed by atoms with van der Waals surface area (Å²) in [4.78, 5) is 15.5. The third-order valence-corrected chi connectivity index (χ3v) is 2.94. The Kier molecular flexibility index (Phi) is 13.0. The molecule has 0 aliphatic heterocycles. The third kappa shape index (κ3) is 10.3. The summed E-state index contributed by atoms with van der Waals surface area (Å²) in [5.41, 5.74) is 0.734. The highest BCUT2D eigenvalue weighted by Crippen LogP contribution is 2.16. The summed E-state index contributed by atoms with van der Waals surface area (Å²) in [6.45, 7) is 8.50. The van der Waals surface area contributed by atoms with E-state index in [0.717, 1.165) is 43.3 Å². The minimum atomic E-state index is -0.0950. The number of carbonyl (C=O) groups is 1. The standard InChI is InChI=1S/C17H28N4O2.HI/c1-4-6-10-19-17(18-5-2)20-11-12-23-16-9-7-8-15(13-16)21-14(3)22;/h7-9,13H,4-6,10-12H2,1-3H3,(H,21,22)(H2,18,19,20);1H. The molecule has 24 heavy (non-hydrogen) atoms. The van der Waals surface area contributed by atoms with E-state index in [1.165, 1.54) is 6.92 Å². The molecule has 0 radical (unpaired) electrons. The maximum atomic E-state index is 11.0. The number of carbonyl (C=O) groups excluding carboxylic acids is 1. The summed E-state index contributed by atoms with van der Waals surface area (Å²) in [5.74, 6) is 1.45. The van der Waals surface area contributed by atoms with Gasteiger partial charge in [0, 0.05) is 31.8 Å². The molecule has 0 spiro atoms. The van der Waals surface area contributed by atoms with E-state index in [-0.39, 0.29) is 29.9 Å². The highest BCUT2D eigenvalue weighted by atomic mass is 127. The van der Waals surface area contributed by atoms with Gasteiger partial charge in [0.2, 0.25) is 5.91 Å². The fraction of sp³-hybridized carbons (Fsp3) is 0.529. The molecule has 136 valence electrons. The molecule has 0 fully saturated rings. The van der Waals surface area contributed by atoms with Crippen LogP contribution in [0, 0.1) is 0 Å². The lowest BCUT2D eigenvalue weighted by Gasteiger charge is -2.12. The summed E-state index contributed by atoms with van der Waals surface area (Å²) >= 11 is 0. The quantitative estimate of drug-likeness (QED) is 0.235. The first-order chi connectivity index (χ1) is 11.2. The average molecular weight is 448 g/mol. The van der Waals surface area contributed by atoms with Gasteiger partial charge in [0.25, 0.3) is 0 Å². The molecule has 0 bridgehead atoms. The zero-order valence-corrected chi connectivity index (χ0v) is 17.1. The molecule has 0 atom stereocenters. The maximum absolute atomic E-state index is 11.0. The van der Waals surface area contributed by atoms with Gasteiger partial charge < -0.3 is 20.7 Å². The van der Waals surface area contributed by atoms with Gasteiger partial charge in [-0.15, -0.1) is 24.0 Å². The number of rotatable bonds is 9. The van der Waals surface area contributed by atoms with Crippen LogP contribution in [-0.2, 0) is 4.79 Å². The number of amides is 1. The van der Waals surface area contributed by atoms with E-state index in [1.54, 1.807) is 0 Å². The van der Waals surface area contributed by atoms with Crippen LogP contribution in [0.2, 0.25) is 0 Å². The van der Waals surface area contributed by atoms with Crippen LogP contribution in [0.15, 0.2) is 29.3 Å². The van der Waals surface area contributed by atoms with Crippen molar-refractivity contribution in [3.05, 3.63) is 24.3 Å². The van der Waals surface area contributed by atoms with Gasteiger partial charge in [-0.25, -0.2) is 0 Å². The second-order valence-electron chi connectivity index (χ2n) is 5.10. The van der Waals surface area contributed by atoms with E-state index < -0.39 is 0 Å². The molecule has 0 unspecified atom stereocenters. The minimum Gasteiger partial charge on any atom is -0.492 e. The lowest BCUT2D eigenvalue weighted by Crippen LogP contribution is -2.39. The van der Waals surface area contributed by atoms with Crippen molar-refractivity contribution in [2.75, 3.05) is 31.6 Å². The molecule has 0 heterocycles. The number of anilines is 1. The Morgan fingerprint density at radius 1 is 1.25 bits per heavy atom. The third-order valence-electron chi connectivity index (χ3n) is 2.94. The van der Waals surface area contributed by atoms with Gasteiger partial charge in [0.15, 0.2) is 5.96 Å². The van der Waals surface area contributed by atoms with Crippen LogP contribution in [0.4, 0.5) is 5.69 Å². The Morgan fingerprint density at radius 2 is 2.04 bits per heavy atom. The summed E-state index contributed by atoms with van der Waals surface area (Å²) in [5, 5.41) is 9.18. The molecule has 1 aromatic rings. The number of hydrogen-bond donors (Lipinski definition) is 3. The van der Waals surface area contributed by atoms with E-state index in [2.05, 4.69) is 27.9 Å². The zero-order chi connectivity index (χ0) is 16.9. The number of unbranched alkanes of at least 4 members (excludes halogenated alkanes) is 1. The normalized spacial score (nSPS) is 10.5. The van der Waals surface area contributed by atoms with Crippen molar-refractivity contribution in [2.24, 2.45) is 4.99 Å². The summed E-state index contributed by atoms with van der Waals surface area (Å²) in [7, 11) is 0. The van der Waals surface area contributed by atoms with Gasteiger partial charge in [-0.05, 0) is 25.5 Å². The number of ether oxygens (including phenoxy) is 1. The molecule has 1 amide bonds. The lowest BCUT2D eigenvalue weighted by atomic mass is 10.3. The topological polar surface area (TPSA) is 74.8 Å². The van der Waals surface area contributed by atoms with Crippen molar-refractivity contribution in [1.82, 2.24) is 10.6 Å². The van der Waals surface area contributed by atoms with Crippen LogP contribution in [-0.4, -0.2) is 38.1 Å². The van der Waals surface area contributed by atoms with E-state index in [9.17, 15) is 4.79 Å². The number of nitrogens with one attached hydrogen (secondary N) is 3. The van der Waals surface area contributed by atoms with Gasteiger partial charge in [0.1, 0.15) is 12.4 Å². The molecule has 6 nitrogen and oxygen atoms in total. The highest BCUT2D eigenvalue weighted by molar-refractivity contribution is 14.0. The van der Waals surface area contributed by atoms with Gasteiger partial charge in [0.05, 0.1) is 6.54 Å². The second kappa shape index (κ2) is 13.9. The molecular formula is C17H29IN4O2. The molecule has 0 saturated carbocycles. The lowest BCUT2D eigenvalue weighted by molar-refractivity contribution is -0.114. The Balaban J connectivity index is 0.00000529. The largest absolute Gasteiger partial charge is 0.492 e. The molecular weight excluding hydrogens is 419 g/mol. The number of hydrogen-bond acceptors (Lipinski definition) is 3. The number of nitrogens with zero attached hydrogens (tertiary/aromatic N) is 1. The predicted octanol–water partition coefficient (Wildman–Crippen LogP) is 3.00. The van der Waals surface area contributed by atoms with Crippen molar-refractivity contribution >= 4 is 41.5 Å². The van der Waals surface area contributed by atoms with Crippen LogP contribution in [0.3, 0.4) is 0 Å². The van der Waals surface area contributed by atoms with Crippen molar-refractivity contribution in [1.29, 1.82) is 0 Å². The first kappa shape index (κ1) is 22.5. The van der Waals surface area contributed by atoms with Crippen molar-refractivity contribution in [3.63, 3.8) is 0 Å². The Hall–Kier alpha value is -1.51. The van der Waals surface area contributed by atoms with Crippen molar-refractivity contribution < 1.29 is 9.53 Å². The molecule has 0 saturated heterocycles. The molecule has 1 rings (SSSR count). The van der Waals surface area contributed by atoms with Crippen LogP contribution >= 0.6 is 24.0 Å². The molecule has 1 aromatic carbocycles. The zero-order valence-electron chi connectivity index (χ0n) is 14.7. The smallest absolute Gasteiger partial charge is 0.221 e. The Morgan fingerprint density at radius 3 is 2.71 bits per heavy atom. The van der Waals surface area contributed by atoms with Crippen LogP contribution in [0.5, 0.6) is 5.75 Å². The van der Waals surface area contributed by atoms with Crippen molar-refractivity contribution in [2.45, 2.75) is 33.6 Å². The monoisotopic (exact) mass is 448 g/mol. The maximum Gasteiger partial charge on any atom is 0.221 e.